The number of carbonyl (C=O) groups excluding carboxylic acids is 1. The lowest BCUT2D eigenvalue weighted by Crippen LogP contribution is -2.13. The van der Waals surface area contributed by atoms with Crippen molar-refractivity contribution >= 4 is 30.0 Å². The number of nitrogens with one attached hydrogen (secondary N) is 1. The van der Waals surface area contributed by atoms with Crippen LogP contribution in [0.4, 0.5) is 5.13 Å². The molecule has 2 heterocycles. The molecule has 0 aliphatic carbocycles. The largest absolute Gasteiger partial charge is 0.479 e. The van der Waals surface area contributed by atoms with E-state index in [4.69, 9.17) is 18.8 Å². The minimum Gasteiger partial charge on any atom is -0.479 e. The average Bonchev–Trinajstić information content (AvgIpc) is 3.33. The predicted octanol–water partition coefficient (Wildman–Crippen LogP) is 7.31. The molecule has 1 atom stereocenters. The van der Waals surface area contributed by atoms with E-state index < -0.39 is 7.60 Å². The minimum absolute atomic E-state index is 0.149. The summed E-state index contributed by atoms with van der Waals surface area (Å²) in [5.74, 6) is 0.486. The van der Waals surface area contributed by atoms with Gasteiger partial charge in [0.05, 0.1) is 29.9 Å². The number of ether oxygens (including phenoxy) is 1. The highest BCUT2D eigenvalue weighted by Gasteiger charge is 2.31. The highest BCUT2D eigenvalue weighted by atomic mass is 32.1. The number of hydrogen-bond donors (Lipinski definition) is 1. The molecule has 190 valence electrons. The molecule has 0 bridgehead atoms. The number of amides is 1. The number of rotatable bonds is 9. The molecule has 1 amide bonds. The molecule has 1 unspecified atom stereocenters. The average molecular weight is 535 g/mol. The second-order valence-electron chi connectivity index (χ2n) is 8.39. The first-order valence-corrected chi connectivity index (χ1v) is 14.6. The van der Waals surface area contributed by atoms with E-state index in [1.54, 1.807) is 38.1 Å². The summed E-state index contributed by atoms with van der Waals surface area (Å²) in [6, 6.07) is 24.7. The van der Waals surface area contributed by atoms with E-state index in [9.17, 15) is 9.36 Å². The molecule has 1 aromatic heterocycles. The first kappa shape index (κ1) is 25.4. The summed E-state index contributed by atoms with van der Waals surface area (Å²) in [5, 5.41) is 3.43. The monoisotopic (exact) mass is 534 g/mol. The molecule has 0 saturated carbocycles. The molecule has 1 N–H and O–H groups in total. The highest BCUT2D eigenvalue weighted by molar-refractivity contribution is 7.53. The third kappa shape index (κ3) is 5.53. The summed E-state index contributed by atoms with van der Waals surface area (Å²) in [6.45, 7) is 4.16. The number of hydrogen-bond acceptors (Lipinski definition) is 7. The Morgan fingerprint density at radius 2 is 1.65 bits per heavy atom. The van der Waals surface area contributed by atoms with Gasteiger partial charge in [0.1, 0.15) is 5.75 Å². The van der Waals surface area contributed by atoms with E-state index in [-0.39, 0.29) is 18.2 Å². The summed E-state index contributed by atoms with van der Waals surface area (Å²) in [5.41, 5.74) is 3.97. The van der Waals surface area contributed by atoms with E-state index >= 15 is 0 Å². The van der Waals surface area contributed by atoms with Gasteiger partial charge in [-0.1, -0.05) is 65.9 Å². The van der Waals surface area contributed by atoms with Gasteiger partial charge in [0.15, 0.2) is 11.2 Å². The SMILES string of the molecule is CCOP(=O)(Cc1ccc(C(=O)Nc2nc3c(s2)C(c2ccccc2)Oc2ccccc2-3)cc1)OCC. The van der Waals surface area contributed by atoms with Crippen molar-refractivity contribution in [3.8, 4) is 17.0 Å². The maximum absolute atomic E-state index is 13.0. The lowest BCUT2D eigenvalue weighted by atomic mass is 10.00. The Balaban J connectivity index is 1.37. The van der Waals surface area contributed by atoms with E-state index in [2.05, 4.69) is 5.32 Å². The van der Waals surface area contributed by atoms with Crippen LogP contribution < -0.4 is 10.1 Å². The van der Waals surface area contributed by atoms with Crippen LogP contribution in [0.2, 0.25) is 0 Å². The van der Waals surface area contributed by atoms with Crippen LogP contribution in [-0.4, -0.2) is 24.1 Å². The molecule has 37 heavy (non-hydrogen) atoms. The summed E-state index contributed by atoms with van der Waals surface area (Å²) in [4.78, 5) is 18.8. The molecule has 0 radical (unpaired) electrons. The van der Waals surface area contributed by atoms with Crippen LogP contribution in [0.25, 0.3) is 11.3 Å². The van der Waals surface area contributed by atoms with Gasteiger partial charge in [-0.05, 0) is 49.2 Å². The number of fused-ring (bicyclic) bond motifs is 3. The standard InChI is InChI=1S/C28H27N2O5PS/c1-3-33-36(32,34-4-2)18-19-14-16-21(17-15-19)27(31)30-28-29-24-22-12-8-9-13-23(22)35-25(26(24)37-28)20-10-6-5-7-11-20/h5-17,25H,3-4,18H2,1-2H3,(H,29,30,31). The molecule has 1 aliphatic rings. The van der Waals surface area contributed by atoms with Crippen molar-refractivity contribution in [3.05, 3.63) is 100 Å². The Hall–Kier alpha value is -3.29. The van der Waals surface area contributed by atoms with Crippen LogP contribution in [0.3, 0.4) is 0 Å². The van der Waals surface area contributed by atoms with Gasteiger partial charge in [-0.25, -0.2) is 4.98 Å². The molecular formula is C28H27N2O5PS. The van der Waals surface area contributed by atoms with E-state index in [1.807, 2.05) is 54.6 Å². The molecule has 0 fully saturated rings. The minimum atomic E-state index is -3.22. The lowest BCUT2D eigenvalue weighted by Gasteiger charge is -2.25. The zero-order valence-electron chi connectivity index (χ0n) is 20.5. The van der Waals surface area contributed by atoms with Crippen LogP contribution in [0.5, 0.6) is 5.75 Å². The number of nitrogens with zero attached hydrogens (tertiary/aromatic N) is 1. The molecule has 7 nitrogen and oxygen atoms in total. The second-order valence-corrected chi connectivity index (χ2v) is 11.5. The Kier molecular flexibility index (Phi) is 7.53. The summed E-state index contributed by atoms with van der Waals surface area (Å²) < 4.78 is 29.9. The smallest absolute Gasteiger partial charge is 0.335 e. The third-order valence-electron chi connectivity index (χ3n) is 5.85. The normalized spacial score (nSPS) is 14.4. The van der Waals surface area contributed by atoms with Crippen molar-refractivity contribution in [2.24, 2.45) is 0 Å². The Bertz CT molecular complexity index is 1430. The van der Waals surface area contributed by atoms with Crippen molar-refractivity contribution in [1.29, 1.82) is 0 Å². The van der Waals surface area contributed by atoms with Crippen molar-refractivity contribution in [1.82, 2.24) is 4.98 Å². The molecule has 0 spiro atoms. The van der Waals surface area contributed by atoms with E-state index in [0.29, 0.717) is 23.9 Å². The van der Waals surface area contributed by atoms with Gasteiger partial charge in [-0.3, -0.25) is 14.7 Å². The molecule has 1 aliphatic heterocycles. The van der Waals surface area contributed by atoms with Crippen LogP contribution in [0, 0.1) is 0 Å². The third-order valence-corrected chi connectivity index (χ3v) is 8.91. The van der Waals surface area contributed by atoms with Gasteiger partial charge in [0.25, 0.3) is 5.91 Å². The van der Waals surface area contributed by atoms with E-state index in [0.717, 1.165) is 33.0 Å². The maximum Gasteiger partial charge on any atom is 0.335 e. The first-order chi connectivity index (χ1) is 18.0. The zero-order valence-corrected chi connectivity index (χ0v) is 22.3. The van der Waals surface area contributed by atoms with Gasteiger partial charge in [-0.15, -0.1) is 0 Å². The summed E-state index contributed by atoms with van der Waals surface area (Å²) in [7, 11) is -3.22. The fourth-order valence-electron chi connectivity index (χ4n) is 4.23. The Labute approximate surface area is 220 Å². The van der Waals surface area contributed by atoms with Crippen molar-refractivity contribution in [2.45, 2.75) is 26.1 Å². The molecule has 0 saturated heterocycles. The van der Waals surface area contributed by atoms with Crippen molar-refractivity contribution in [3.63, 3.8) is 0 Å². The van der Waals surface area contributed by atoms with Gasteiger partial charge in [0, 0.05) is 11.1 Å². The number of benzene rings is 3. The molecular weight excluding hydrogens is 507 g/mol. The topological polar surface area (TPSA) is 86.8 Å². The summed E-state index contributed by atoms with van der Waals surface area (Å²) in [6.07, 6.45) is -0.157. The number of carbonyl (C=O) groups is 1. The maximum atomic E-state index is 13.0. The van der Waals surface area contributed by atoms with Gasteiger partial charge >= 0.3 is 7.60 Å². The van der Waals surface area contributed by atoms with Gasteiger partial charge in [-0.2, -0.15) is 0 Å². The molecule has 4 aromatic rings. The fraction of sp³-hybridized carbons (Fsp3) is 0.214. The first-order valence-electron chi connectivity index (χ1n) is 12.1. The second kappa shape index (κ2) is 11.0. The van der Waals surface area contributed by atoms with Crippen LogP contribution in [0.15, 0.2) is 78.9 Å². The van der Waals surface area contributed by atoms with Gasteiger partial charge in [0.2, 0.25) is 0 Å². The lowest BCUT2D eigenvalue weighted by molar-refractivity contribution is 0.102. The Morgan fingerprint density at radius 1 is 0.973 bits per heavy atom. The van der Waals surface area contributed by atoms with Crippen LogP contribution in [-0.2, 0) is 19.8 Å². The van der Waals surface area contributed by atoms with Crippen molar-refractivity contribution in [2.75, 3.05) is 18.5 Å². The highest BCUT2D eigenvalue weighted by Crippen LogP contribution is 2.51. The van der Waals surface area contributed by atoms with Crippen LogP contribution >= 0.6 is 18.9 Å². The fourth-order valence-corrected chi connectivity index (χ4v) is 6.96. The zero-order chi connectivity index (χ0) is 25.8. The number of aromatic nitrogens is 1. The quantitative estimate of drug-likeness (QED) is 0.227. The van der Waals surface area contributed by atoms with Gasteiger partial charge < -0.3 is 13.8 Å². The number of anilines is 1. The number of thiazole rings is 1. The number of para-hydroxylation sites is 1. The Morgan fingerprint density at radius 3 is 2.35 bits per heavy atom. The summed E-state index contributed by atoms with van der Waals surface area (Å²) >= 11 is 1.41. The molecule has 3 aromatic carbocycles. The predicted molar refractivity (Wildman–Crippen MR) is 145 cm³/mol. The van der Waals surface area contributed by atoms with E-state index in [1.165, 1.54) is 11.3 Å². The molecule has 5 rings (SSSR count). The van der Waals surface area contributed by atoms with Crippen molar-refractivity contribution < 1.29 is 23.1 Å². The molecule has 9 heteroatoms. The van der Waals surface area contributed by atoms with Crippen LogP contribution in [0.1, 0.15) is 46.3 Å².